The van der Waals surface area contributed by atoms with E-state index < -0.39 is 30.6 Å². The first-order valence-corrected chi connectivity index (χ1v) is 22.4. The summed E-state index contributed by atoms with van der Waals surface area (Å²) < 4.78 is 5.78. The lowest BCUT2D eigenvalue weighted by atomic mass is 10.0. The van der Waals surface area contributed by atoms with Crippen molar-refractivity contribution in [2.24, 2.45) is 0 Å². The van der Waals surface area contributed by atoms with E-state index in [4.69, 9.17) is 14.9 Å². The summed E-state index contributed by atoms with van der Waals surface area (Å²) in [6, 6.07) is -1.39. The van der Waals surface area contributed by atoms with E-state index in [2.05, 4.69) is 36.6 Å². The molecule has 9 nitrogen and oxygen atoms in total. The van der Waals surface area contributed by atoms with Gasteiger partial charge in [0.1, 0.15) is 12.1 Å². The van der Waals surface area contributed by atoms with Gasteiger partial charge in [0.25, 0.3) is 0 Å². The van der Waals surface area contributed by atoms with Gasteiger partial charge in [-0.1, -0.05) is 179 Å². The molecule has 55 heavy (non-hydrogen) atoms. The quantitative estimate of drug-likeness (QED) is 0.0276. The van der Waals surface area contributed by atoms with E-state index in [9.17, 15) is 19.2 Å². The van der Waals surface area contributed by atoms with E-state index in [0.717, 1.165) is 44.9 Å². The Morgan fingerprint density at radius 3 is 1.53 bits per heavy atom. The molecule has 0 saturated heterocycles. The summed E-state index contributed by atoms with van der Waals surface area (Å²) in [6.07, 6.45) is 46.9. The van der Waals surface area contributed by atoms with Crippen molar-refractivity contribution in [3.8, 4) is 0 Å². The van der Waals surface area contributed by atoms with Gasteiger partial charge in [-0.05, 0) is 50.7 Å². The highest BCUT2D eigenvalue weighted by Gasteiger charge is 2.18. The molecule has 0 rings (SSSR count). The standard InChI is InChI=1S/C46H82N2O7/c1-3-5-7-9-10-11-12-13-14-15-16-17-18-19-20-21-22-23-24-25-30-34-38-45(52)55-41(35-31-27-8-6-4-2)36-32-28-26-29-33-37-43(50)47-39-44(51)48-42(40-49)46(53)54/h6,8,31-32,35-36,41-42,49H,3-5,7,9-30,33-34,37-40H2,1-2H3,(H,47,50)(H,48,51)(H,53,54)/b8-6-,35-31-,36-32-. The number of carboxylic acids is 1. The van der Waals surface area contributed by atoms with Crippen LogP contribution in [-0.4, -0.2) is 59.3 Å². The maximum atomic E-state index is 12.6. The summed E-state index contributed by atoms with van der Waals surface area (Å²) in [5.41, 5.74) is 0. The van der Waals surface area contributed by atoms with Crippen LogP contribution in [0.5, 0.6) is 0 Å². The van der Waals surface area contributed by atoms with Crippen LogP contribution in [0.3, 0.4) is 0 Å². The molecule has 0 aliphatic carbocycles. The van der Waals surface area contributed by atoms with Crippen LogP contribution in [0.25, 0.3) is 0 Å². The molecular weight excluding hydrogens is 693 g/mol. The number of amides is 2. The number of aliphatic hydroxyl groups is 1. The smallest absolute Gasteiger partial charge is 0.328 e. The van der Waals surface area contributed by atoms with Crippen LogP contribution in [0.1, 0.15) is 206 Å². The third-order valence-corrected chi connectivity index (χ3v) is 9.86. The predicted molar refractivity (Wildman–Crippen MR) is 227 cm³/mol. The van der Waals surface area contributed by atoms with Crippen molar-refractivity contribution in [2.75, 3.05) is 13.2 Å². The molecule has 0 spiro atoms. The van der Waals surface area contributed by atoms with Crippen LogP contribution >= 0.6 is 0 Å². The van der Waals surface area contributed by atoms with Crippen LogP contribution in [0.2, 0.25) is 0 Å². The van der Waals surface area contributed by atoms with Gasteiger partial charge in [-0.3, -0.25) is 14.4 Å². The minimum absolute atomic E-state index is 0.161. The number of unbranched alkanes of at least 4 members (excludes halogenated alkanes) is 24. The number of hydrogen-bond donors (Lipinski definition) is 4. The topological polar surface area (TPSA) is 142 Å². The van der Waals surface area contributed by atoms with Crippen molar-refractivity contribution < 1.29 is 34.1 Å². The molecule has 0 aliphatic heterocycles. The molecule has 0 aromatic rings. The first-order valence-electron chi connectivity index (χ1n) is 22.4. The molecule has 2 unspecified atom stereocenters. The highest BCUT2D eigenvalue weighted by atomic mass is 16.5. The maximum Gasteiger partial charge on any atom is 0.328 e. The summed E-state index contributed by atoms with van der Waals surface area (Å²) in [5.74, 6) is -2.46. The molecule has 0 aromatic heterocycles. The number of rotatable bonds is 40. The second kappa shape index (κ2) is 40.7. The molecule has 0 heterocycles. The number of allylic oxidation sites excluding steroid dienone is 4. The predicted octanol–water partition coefficient (Wildman–Crippen LogP) is 11.0. The van der Waals surface area contributed by atoms with Crippen molar-refractivity contribution in [1.82, 2.24) is 10.6 Å². The van der Waals surface area contributed by atoms with Gasteiger partial charge in [0.15, 0.2) is 0 Å². The lowest BCUT2D eigenvalue weighted by molar-refractivity contribution is -0.145. The van der Waals surface area contributed by atoms with Crippen molar-refractivity contribution in [2.45, 2.75) is 219 Å². The molecule has 0 aromatic carbocycles. The van der Waals surface area contributed by atoms with E-state index in [-0.39, 0.29) is 24.8 Å². The first kappa shape index (κ1) is 52.1. The second-order valence-electron chi connectivity index (χ2n) is 15.1. The Morgan fingerprint density at radius 1 is 0.564 bits per heavy atom. The number of carbonyl (C=O) groups is 4. The fraction of sp³-hybridized carbons (Fsp3) is 0.783. The van der Waals surface area contributed by atoms with Gasteiger partial charge in [-0.2, -0.15) is 0 Å². The SMILES string of the molecule is CC/C=C\C/C=C\C(/C=C\CCCCCC(=O)NCC(=O)NC(CO)C(=O)O)OC(=O)CCCCCCCCCCCCCCCCCCCCCCCC. The molecular formula is C46H82N2O7. The van der Waals surface area contributed by atoms with Gasteiger partial charge in [-0.15, -0.1) is 0 Å². The Labute approximate surface area is 336 Å². The number of aliphatic carboxylic acids is 1. The highest BCUT2D eigenvalue weighted by Crippen LogP contribution is 2.16. The zero-order chi connectivity index (χ0) is 40.5. The molecule has 9 heteroatoms. The Hall–Kier alpha value is -2.94. The van der Waals surface area contributed by atoms with Gasteiger partial charge >= 0.3 is 11.9 Å². The lowest BCUT2D eigenvalue weighted by Gasteiger charge is -2.12. The summed E-state index contributed by atoms with van der Waals surface area (Å²) in [6.45, 7) is 3.32. The minimum atomic E-state index is -1.39. The van der Waals surface area contributed by atoms with Crippen LogP contribution in [0.15, 0.2) is 36.5 Å². The lowest BCUT2D eigenvalue weighted by Crippen LogP contribution is -2.47. The summed E-state index contributed by atoms with van der Waals surface area (Å²) >= 11 is 0. The molecule has 318 valence electrons. The summed E-state index contributed by atoms with van der Waals surface area (Å²) in [5, 5.41) is 22.5. The van der Waals surface area contributed by atoms with Crippen LogP contribution in [0, 0.1) is 0 Å². The highest BCUT2D eigenvalue weighted by molar-refractivity contribution is 5.87. The first-order chi connectivity index (χ1) is 26.8. The number of carbonyl (C=O) groups excluding carboxylic acids is 3. The van der Waals surface area contributed by atoms with E-state index in [1.165, 1.54) is 128 Å². The fourth-order valence-corrected chi connectivity index (χ4v) is 6.44. The van der Waals surface area contributed by atoms with Crippen molar-refractivity contribution in [3.63, 3.8) is 0 Å². The third-order valence-electron chi connectivity index (χ3n) is 9.86. The molecule has 4 N–H and O–H groups in total. The van der Waals surface area contributed by atoms with Gasteiger partial charge in [0.05, 0.1) is 13.2 Å². The third kappa shape index (κ3) is 37.7. The van der Waals surface area contributed by atoms with E-state index in [1.807, 2.05) is 24.3 Å². The molecule has 2 amide bonds. The Balaban J connectivity index is 3.99. The largest absolute Gasteiger partial charge is 0.480 e. The monoisotopic (exact) mass is 775 g/mol. The maximum absolute atomic E-state index is 12.6. The van der Waals surface area contributed by atoms with Crippen LogP contribution in [-0.2, 0) is 23.9 Å². The second-order valence-corrected chi connectivity index (χ2v) is 15.1. The fourth-order valence-electron chi connectivity index (χ4n) is 6.44. The normalized spacial score (nSPS) is 12.8. The average molecular weight is 775 g/mol. The van der Waals surface area contributed by atoms with Crippen LogP contribution < -0.4 is 10.6 Å². The van der Waals surface area contributed by atoms with E-state index >= 15 is 0 Å². The molecule has 0 aliphatic rings. The molecule has 0 fully saturated rings. The van der Waals surface area contributed by atoms with E-state index in [0.29, 0.717) is 12.8 Å². The number of carboxylic acid groups (broad SMARTS) is 1. The van der Waals surface area contributed by atoms with Crippen molar-refractivity contribution in [1.29, 1.82) is 0 Å². The molecule has 0 saturated carbocycles. The number of ether oxygens (including phenoxy) is 1. The van der Waals surface area contributed by atoms with E-state index in [1.54, 1.807) is 0 Å². The number of esters is 1. The van der Waals surface area contributed by atoms with Gasteiger partial charge in [0.2, 0.25) is 11.8 Å². The molecule has 0 bridgehead atoms. The summed E-state index contributed by atoms with van der Waals surface area (Å²) in [4.78, 5) is 47.3. The zero-order valence-electron chi connectivity index (χ0n) is 35.2. The summed E-state index contributed by atoms with van der Waals surface area (Å²) in [7, 11) is 0. The van der Waals surface area contributed by atoms with Gasteiger partial charge in [-0.25, -0.2) is 4.79 Å². The van der Waals surface area contributed by atoms with Crippen molar-refractivity contribution in [3.05, 3.63) is 36.5 Å². The number of nitrogens with one attached hydrogen (secondary N) is 2. The number of aliphatic hydroxyl groups excluding tert-OH is 1. The van der Waals surface area contributed by atoms with Gasteiger partial charge in [0, 0.05) is 12.8 Å². The Morgan fingerprint density at radius 2 is 1.04 bits per heavy atom. The van der Waals surface area contributed by atoms with Gasteiger partial charge < -0.3 is 25.6 Å². The zero-order valence-corrected chi connectivity index (χ0v) is 35.2. The van der Waals surface area contributed by atoms with Crippen LogP contribution in [0.4, 0.5) is 0 Å². The Kier molecular flexibility index (Phi) is 38.5. The molecule has 0 radical (unpaired) electrons. The van der Waals surface area contributed by atoms with Crippen molar-refractivity contribution >= 4 is 23.8 Å². The molecule has 2 atom stereocenters. The Bertz CT molecular complexity index is 1030. The number of hydrogen-bond acceptors (Lipinski definition) is 6. The average Bonchev–Trinajstić information content (AvgIpc) is 3.17. The minimum Gasteiger partial charge on any atom is -0.480 e.